The maximum Gasteiger partial charge on any atom is 0.111 e. The molecule has 0 fully saturated rings. The van der Waals surface area contributed by atoms with Gasteiger partial charge in [-0.25, -0.2) is 0 Å². The summed E-state index contributed by atoms with van der Waals surface area (Å²) in [6.45, 7) is 6.66. The molecule has 3 atom stereocenters. The van der Waals surface area contributed by atoms with Gasteiger partial charge < -0.3 is 4.90 Å². The molecule has 1 aliphatic carbocycles. The monoisotopic (exact) mass is 279 g/mol. The van der Waals surface area contributed by atoms with Crippen molar-refractivity contribution in [1.29, 1.82) is 0 Å². The van der Waals surface area contributed by atoms with Gasteiger partial charge in [-0.15, -0.1) is 0 Å². The Morgan fingerprint density at radius 2 is 2.10 bits per heavy atom. The van der Waals surface area contributed by atoms with Gasteiger partial charge in [-0.05, 0) is 32.9 Å². The number of rotatable bonds is 1. The van der Waals surface area contributed by atoms with E-state index in [0.717, 1.165) is 5.71 Å². The molecule has 0 aromatic heterocycles. The van der Waals surface area contributed by atoms with Crippen LogP contribution in [0.2, 0.25) is 0 Å². The van der Waals surface area contributed by atoms with Crippen LogP contribution in [0.25, 0.3) is 0 Å². The quantitative estimate of drug-likeness (QED) is 0.855. The molecule has 3 nitrogen and oxygen atoms in total. The highest BCUT2D eigenvalue weighted by molar-refractivity contribution is 6.02. The Labute approximate surface area is 126 Å². The van der Waals surface area contributed by atoms with E-state index >= 15 is 0 Å². The largest absolute Gasteiger partial charge is 0.351 e. The van der Waals surface area contributed by atoms with Crippen molar-refractivity contribution in [2.45, 2.75) is 45.1 Å². The predicted molar refractivity (Wildman–Crippen MR) is 88.0 cm³/mol. The summed E-state index contributed by atoms with van der Waals surface area (Å²) in [5.74, 6) is 0. The minimum Gasteiger partial charge on any atom is -0.351 e. The predicted octanol–water partition coefficient (Wildman–Crippen LogP) is 3.13. The number of benzene rings is 1. The lowest BCUT2D eigenvalue weighted by Gasteiger charge is -2.38. The van der Waals surface area contributed by atoms with Crippen LogP contribution in [0.3, 0.4) is 0 Å². The summed E-state index contributed by atoms with van der Waals surface area (Å²) in [7, 11) is 0. The molecule has 2 heterocycles. The first kappa shape index (κ1) is 12.8. The van der Waals surface area contributed by atoms with Crippen molar-refractivity contribution in [2.24, 2.45) is 4.99 Å². The first-order valence-corrected chi connectivity index (χ1v) is 7.72. The number of nitrogens with one attached hydrogen (secondary N) is 1. The normalized spacial score (nSPS) is 29.2. The summed E-state index contributed by atoms with van der Waals surface area (Å²) in [6.07, 6.45) is 8.75. The molecule has 3 unspecified atom stereocenters. The van der Waals surface area contributed by atoms with Crippen molar-refractivity contribution in [3.05, 3.63) is 53.6 Å². The molecule has 0 bridgehead atoms. The van der Waals surface area contributed by atoms with Gasteiger partial charge in [0.2, 0.25) is 0 Å². The molecule has 3 heteroatoms. The summed E-state index contributed by atoms with van der Waals surface area (Å²) >= 11 is 0. The Bertz CT molecular complexity index is 669. The van der Waals surface area contributed by atoms with Crippen LogP contribution < -0.4 is 10.2 Å². The maximum atomic E-state index is 5.06. The lowest BCUT2D eigenvalue weighted by Crippen LogP contribution is -2.56. The number of fused-ring (bicyclic) bond motifs is 4. The molecule has 4 rings (SSSR count). The first-order valence-electron chi connectivity index (χ1n) is 7.72. The number of aliphatic imine (C=N–C) groups is 1. The SMILES string of the molecule is Cc1ccc2c(c1)C1N=C3C=CC=CC3NC1N2C(C)C. The maximum absolute atomic E-state index is 5.06. The number of aryl methyl sites for hydroxylation is 1. The minimum absolute atomic E-state index is 0.199. The number of hydrogen-bond donors (Lipinski definition) is 1. The summed E-state index contributed by atoms with van der Waals surface area (Å²) < 4.78 is 0. The molecule has 0 saturated heterocycles. The van der Waals surface area contributed by atoms with Gasteiger partial charge >= 0.3 is 0 Å². The zero-order valence-electron chi connectivity index (χ0n) is 12.7. The van der Waals surface area contributed by atoms with Gasteiger partial charge in [0.1, 0.15) is 12.2 Å². The van der Waals surface area contributed by atoms with Crippen molar-refractivity contribution in [3.63, 3.8) is 0 Å². The third kappa shape index (κ3) is 1.88. The first-order chi connectivity index (χ1) is 10.1. The Morgan fingerprint density at radius 3 is 2.90 bits per heavy atom. The second-order valence-corrected chi connectivity index (χ2v) is 6.40. The second kappa shape index (κ2) is 4.57. The summed E-state index contributed by atoms with van der Waals surface area (Å²) in [5.41, 5.74) is 5.14. The van der Waals surface area contributed by atoms with Crippen LogP contribution in [0.4, 0.5) is 5.69 Å². The second-order valence-electron chi connectivity index (χ2n) is 6.40. The van der Waals surface area contributed by atoms with E-state index in [2.05, 4.69) is 73.5 Å². The number of anilines is 1. The highest BCUT2D eigenvalue weighted by Gasteiger charge is 2.43. The molecule has 1 aromatic rings. The summed E-state index contributed by atoms with van der Waals surface area (Å²) in [6, 6.07) is 7.64. The van der Waals surface area contributed by atoms with E-state index < -0.39 is 0 Å². The van der Waals surface area contributed by atoms with E-state index in [0.29, 0.717) is 6.04 Å². The average molecular weight is 279 g/mol. The fraction of sp³-hybridized carbons (Fsp3) is 0.389. The highest BCUT2D eigenvalue weighted by atomic mass is 15.4. The molecule has 1 aromatic carbocycles. The van der Waals surface area contributed by atoms with Gasteiger partial charge in [0.25, 0.3) is 0 Å². The van der Waals surface area contributed by atoms with Crippen LogP contribution in [0.5, 0.6) is 0 Å². The highest BCUT2D eigenvalue weighted by Crippen LogP contribution is 2.44. The Morgan fingerprint density at radius 1 is 1.24 bits per heavy atom. The smallest absolute Gasteiger partial charge is 0.111 e. The van der Waals surface area contributed by atoms with Crippen LogP contribution in [0, 0.1) is 6.92 Å². The molecule has 0 spiro atoms. The Balaban J connectivity index is 1.85. The van der Waals surface area contributed by atoms with Gasteiger partial charge in [0.15, 0.2) is 0 Å². The molecule has 0 radical (unpaired) electrons. The number of nitrogens with zero attached hydrogens (tertiary/aromatic N) is 2. The van der Waals surface area contributed by atoms with Crippen LogP contribution in [0.1, 0.15) is 31.0 Å². The zero-order valence-corrected chi connectivity index (χ0v) is 12.7. The third-order valence-corrected chi connectivity index (χ3v) is 4.57. The molecule has 0 saturated carbocycles. The summed E-state index contributed by atoms with van der Waals surface area (Å²) in [5, 5.41) is 3.77. The minimum atomic E-state index is 0.199. The van der Waals surface area contributed by atoms with Crippen molar-refractivity contribution < 1.29 is 0 Å². The molecule has 3 aliphatic rings. The van der Waals surface area contributed by atoms with Crippen LogP contribution in [-0.2, 0) is 0 Å². The van der Waals surface area contributed by atoms with Gasteiger partial charge in [-0.3, -0.25) is 10.3 Å². The van der Waals surface area contributed by atoms with Crippen molar-refractivity contribution in [1.82, 2.24) is 5.32 Å². The number of hydrogen-bond acceptors (Lipinski definition) is 3. The molecule has 108 valence electrons. The van der Waals surface area contributed by atoms with E-state index in [-0.39, 0.29) is 18.2 Å². The Hall–Kier alpha value is -1.87. The molecule has 2 aliphatic heterocycles. The fourth-order valence-corrected chi connectivity index (χ4v) is 3.67. The summed E-state index contributed by atoms with van der Waals surface area (Å²) in [4.78, 5) is 7.53. The van der Waals surface area contributed by atoms with Gasteiger partial charge in [-0.2, -0.15) is 0 Å². The van der Waals surface area contributed by atoms with E-state index in [1.54, 1.807) is 0 Å². The van der Waals surface area contributed by atoms with E-state index in [1.165, 1.54) is 16.8 Å². The van der Waals surface area contributed by atoms with E-state index in [1.807, 2.05) is 0 Å². The van der Waals surface area contributed by atoms with Crippen molar-refractivity contribution in [2.75, 3.05) is 4.90 Å². The lowest BCUT2D eigenvalue weighted by molar-refractivity contribution is 0.407. The van der Waals surface area contributed by atoms with Gasteiger partial charge in [0, 0.05) is 17.3 Å². The topological polar surface area (TPSA) is 27.6 Å². The standard InChI is InChI=1S/C18H21N3/c1-11(2)21-16-9-8-12(3)10-13(16)17-18(21)20-15-7-5-4-6-14(15)19-17/h4-11,15,17-18,20H,1-3H3. The zero-order chi connectivity index (χ0) is 14.6. The average Bonchev–Trinajstić information content (AvgIpc) is 2.78. The van der Waals surface area contributed by atoms with Crippen LogP contribution in [-0.4, -0.2) is 24.0 Å². The molecule has 1 N–H and O–H groups in total. The van der Waals surface area contributed by atoms with Crippen molar-refractivity contribution >= 4 is 11.4 Å². The van der Waals surface area contributed by atoms with E-state index in [9.17, 15) is 0 Å². The molecular formula is C18H21N3. The molecule has 0 amide bonds. The van der Waals surface area contributed by atoms with Crippen molar-refractivity contribution in [3.8, 4) is 0 Å². The number of allylic oxidation sites excluding steroid dienone is 2. The molecule has 21 heavy (non-hydrogen) atoms. The van der Waals surface area contributed by atoms with Gasteiger partial charge in [-0.1, -0.05) is 35.9 Å². The molecular weight excluding hydrogens is 258 g/mol. The van der Waals surface area contributed by atoms with E-state index in [4.69, 9.17) is 4.99 Å². The third-order valence-electron chi connectivity index (χ3n) is 4.57. The fourth-order valence-electron chi connectivity index (χ4n) is 3.67. The van der Waals surface area contributed by atoms with Crippen LogP contribution >= 0.6 is 0 Å². The van der Waals surface area contributed by atoms with Gasteiger partial charge in [0.05, 0.1) is 11.8 Å². The van der Waals surface area contributed by atoms with Crippen LogP contribution in [0.15, 0.2) is 47.5 Å². The lowest BCUT2D eigenvalue weighted by atomic mass is 9.98. The Kier molecular flexibility index (Phi) is 2.79.